The number of nitrogens with zero attached hydrogens (tertiary/aromatic N) is 1. The number of fused-ring (bicyclic) bond motifs is 2. The van der Waals surface area contributed by atoms with Gasteiger partial charge >= 0.3 is 6.09 Å². The van der Waals surface area contributed by atoms with E-state index in [-0.39, 0.29) is 24.8 Å². The van der Waals surface area contributed by atoms with Gasteiger partial charge in [0.2, 0.25) is 0 Å². The maximum Gasteiger partial charge on any atom is 0.410 e. The van der Waals surface area contributed by atoms with E-state index >= 15 is 0 Å². The van der Waals surface area contributed by atoms with Crippen LogP contribution in [0.5, 0.6) is 5.75 Å². The maximum absolute atomic E-state index is 12.8. The topological polar surface area (TPSA) is 68.2 Å². The van der Waals surface area contributed by atoms with Gasteiger partial charge in [-0.25, -0.2) is 4.79 Å². The van der Waals surface area contributed by atoms with Crippen molar-refractivity contribution < 1.29 is 24.1 Å². The molecule has 1 N–H and O–H groups in total. The van der Waals surface area contributed by atoms with E-state index in [1.54, 1.807) is 12.0 Å². The van der Waals surface area contributed by atoms with Crippen molar-refractivity contribution in [2.45, 2.75) is 44.1 Å². The van der Waals surface area contributed by atoms with Crippen LogP contribution in [0, 0.1) is 6.92 Å². The van der Waals surface area contributed by atoms with Gasteiger partial charge in [-0.2, -0.15) is 0 Å². The molecule has 2 heterocycles. The summed E-state index contributed by atoms with van der Waals surface area (Å²) >= 11 is 0. The normalized spacial score (nSPS) is 26.1. The smallest absolute Gasteiger partial charge is 0.410 e. The molecule has 2 unspecified atom stereocenters. The summed E-state index contributed by atoms with van der Waals surface area (Å²) in [6.45, 7) is 3.00. The molecule has 0 aliphatic carbocycles. The average molecular weight is 397 g/mol. The number of morpholine rings is 1. The summed E-state index contributed by atoms with van der Waals surface area (Å²) in [5, 5.41) is 11.6. The number of carbonyl (C=O) groups excluding carboxylic acids is 1. The predicted molar refractivity (Wildman–Crippen MR) is 108 cm³/mol. The first-order valence-corrected chi connectivity index (χ1v) is 9.94. The number of carbonyl (C=O) groups is 1. The molecule has 0 saturated carbocycles. The molecule has 6 heteroatoms. The molecular formula is C23H27NO5. The lowest BCUT2D eigenvalue weighted by atomic mass is 9.75. The third-order valence-electron chi connectivity index (χ3n) is 5.92. The molecule has 0 aromatic heterocycles. The van der Waals surface area contributed by atoms with Gasteiger partial charge in [-0.3, -0.25) is 4.90 Å². The summed E-state index contributed by atoms with van der Waals surface area (Å²) in [6, 6.07) is 14.9. The molecule has 29 heavy (non-hydrogen) atoms. The molecule has 1 amide bonds. The van der Waals surface area contributed by atoms with Gasteiger partial charge in [-0.1, -0.05) is 36.4 Å². The van der Waals surface area contributed by atoms with Crippen molar-refractivity contribution >= 4 is 6.09 Å². The molecule has 0 spiro atoms. The Hall–Kier alpha value is -2.57. The summed E-state index contributed by atoms with van der Waals surface area (Å²) in [6.07, 6.45) is 0.451. The zero-order chi connectivity index (χ0) is 20.4. The van der Waals surface area contributed by atoms with Crippen LogP contribution in [-0.4, -0.2) is 48.5 Å². The zero-order valence-electron chi connectivity index (χ0n) is 16.8. The molecule has 2 saturated heterocycles. The minimum absolute atomic E-state index is 0.232. The Morgan fingerprint density at radius 2 is 1.86 bits per heavy atom. The molecule has 2 aromatic carbocycles. The highest BCUT2D eigenvalue weighted by Gasteiger charge is 2.49. The van der Waals surface area contributed by atoms with Gasteiger partial charge in [0.15, 0.2) is 0 Å². The van der Waals surface area contributed by atoms with Gasteiger partial charge in [-0.15, -0.1) is 0 Å². The molecule has 6 nitrogen and oxygen atoms in total. The van der Waals surface area contributed by atoms with E-state index < -0.39 is 5.60 Å². The first kappa shape index (κ1) is 19.7. The molecular weight excluding hydrogens is 370 g/mol. The first-order chi connectivity index (χ1) is 14.0. The van der Waals surface area contributed by atoms with E-state index in [9.17, 15) is 9.90 Å². The van der Waals surface area contributed by atoms with Gasteiger partial charge in [-0.05, 0) is 35.7 Å². The number of amides is 1. The number of hydrogen-bond donors (Lipinski definition) is 1. The monoisotopic (exact) mass is 397 g/mol. The number of benzene rings is 2. The molecule has 2 aromatic rings. The Morgan fingerprint density at radius 1 is 1.17 bits per heavy atom. The van der Waals surface area contributed by atoms with Crippen LogP contribution in [0.4, 0.5) is 4.79 Å². The highest BCUT2D eigenvalue weighted by Crippen LogP contribution is 2.43. The molecule has 0 radical (unpaired) electrons. The Balaban J connectivity index is 1.52. The average Bonchev–Trinajstić information content (AvgIpc) is 2.72. The van der Waals surface area contributed by atoms with Crippen molar-refractivity contribution in [3.63, 3.8) is 0 Å². The zero-order valence-corrected chi connectivity index (χ0v) is 16.8. The predicted octanol–water partition coefficient (Wildman–Crippen LogP) is 3.39. The van der Waals surface area contributed by atoms with Gasteiger partial charge in [0, 0.05) is 12.8 Å². The number of hydrogen-bond acceptors (Lipinski definition) is 5. The molecule has 2 bridgehead atoms. The molecule has 4 rings (SSSR count). The second kappa shape index (κ2) is 8.05. The fraction of sp³-hybridized carbons (Fsp3) is 0.435. The lowest BCUT2D eigenvalue weighted by molar-refractivity contribution is -0.137. The van der Waals surface area contributed by atoms with Crippen LogP contribution in [0.2, 0.25) is 0 Å². The molecule has 154 valence electrons. The van der Waals surface area contributed by atoms with E-state index in [0.29, 0.717) is 31.8 Å². The minimum Gasteiger partial charge on any atom is -0.497 e. The number of aliphatic hydroxyl groups is 1. The fourth-order valence-corrected chi connectivity index (χ4v) is 4.52. The highest BCUT2D eigenvalue weighted by atomic mass is 16.6. The molecule has 2 fully saturated rings. The Morgan fingerprint density at radius 3 is 2.52 bits per heavy atom. The van der Waals surface area contributed by atoms with Gasteiger partial charge in [0.1, 0.15) is 12.4 Å². The van der Waals surface area contributed by atoms with Gasteiger partial charge < -0.3 is 19.3 Å². The van der Waals surface area contributed by atoms with E-state index in [1.165, 1.54) is 0 Å². The van der Waals surface area contributed by atoms with E-state index in [0.717, 1.165) is 16.7 Å². The van der Waals surface area contributed by atoms with Gasteiger partial charge in [0.05, 0.1) is 38.0 Å². The van der Waals surface area contributed by atoms with E-state index in [2.05, 4.69) is 0 Å². The van der Waals surface area contributed by atoms with Gasteiger partial charge in [0.25, 0.3) is 0 Å². The number of ether oxygens (including phenoxy) is 3. The highest BCUT2D eigenvalue weighted by molar-refractivity contribution is 5.69. The van der Waals surface area contributed by atoms with Crippen molar-refractivity contribution in [2.75, 3.05) is 20.3 Å². The molecule has 2 atom stereocenters. The van der Waals surface area contributed by atoms with Crippen molar-refractivity contribution in [2.24, 2.45) is 0 Å². The Labute approximate surface area is 171 Å². The van der Waals surface area contributed by atoms with Crippen molar-refractivity contribution in [3.8, 4) is 5.75 Å². The van der Waals surface area contributed by atoms with Crippen LogP contribution in [0.1, 0.15) is 29.5 Å². The third-order valence-corrected chi connectivity index (χ3v) is 5.92. The number of aryl methyl sites for hydroxylation is 1. The Bertz CT molecular complexity index is 855. The van der Waals surface area contributed by atoms with Crippen LogP contribution in [-0.2, 0) is 21.7 Å². The van der Waals surface area contributed by atoms with Crippen molar-refractivity contribution in [1.82, 2.24) is 4.90 Å². The maximum atomic E-state index is 12.8. The second-order valence-corrected chi connectivity index (χ2v) is 7.91. The summed E-state index contributed by atoms with van der Waals surface area (Å²) in [5.74, 6) is 0.713. The lowest BCUT2D eigenvalue weighted by Gasteiger charge is -2.51. The van der Waals surface area contributed by atoms with Crippen LogP contribution >= 0.6 is 0 Å². The summed E-state index contributed by atoms with van der Waals surface area (Å²) < 4.78 is 16.6. The lowest BCUT2D eigenvalue weighted by Crippen LogP contribution is -2.62. The first-order valence-electron chi connectivity index (χ1n) is 9.94. The summed E-state index contributed by atoms with van der Waals surface area (Å²) in [5.41, 5.74) is 1.77. The minimum atomic E-state index is -1.03. The van der Waals surface area contributed by atoms with Crippen LogP contribution < -0.4 is 4.74 Å². The number of piperidine rings is 1. The molecule has 2 aliphatic heterocycles. The SMILES string of the molecule is COc1ccc(C)c(C2(O)CC3COCC(C2)N3C(=O)OCc2ccccc2)c1. The summed E-state index contributed by atoms with van der Waals surface area (Å²) in [4.78, 5) is 14.6. The fourth-order valence-electron chi connectivity index (χ4n) is 4.52. The number of methoxy groups -OCH3 is 1. The quantitative estimate of drug-likeness (QED) is 0.857. The third kappa shape index (κ3) is 3.95. The second-order valence-electron chi connectivity index (χ2n) is 7.91. The van der Waals surface area contributed by atoms with Crippen molar-refractivity contribution in [1.29, 1.82) is 0 Å². The van der Waals surface area contributed by atoms with Crippen LogP contribution in [0.3, 0.4) is 0 Å². The summed E-state index contributed by atoms with van der Waals surface area (Å²) in [7, 11) is 1.62. The van der Waals surface area contributed by atoms with E-state index in [1.807, 2.05) is 55.5 Å². The largest absolute Gasteiger partial charge is 0.497 e. The number of rotatable bonds is 4. The van der Waals surface area contributed by atoms with E-state index in [4.69, 9.17) is 14.2 Å². The Kier molecular flexibility index (Phi) is 5.48. The molecule has 2 aliphatic rings. The van der Waals surface area contributed by atoms with Crippen LogP contribution in [0.15, 0.2) is 48.5 Å². The van der Waals surface area contributed by atoms with Crippen LogP contribution in [0.25, 0.3) is 0 Å². The van der Waals surface area contributed by atoms with Crippen molar-refractivity contribution in [3.05, 3.63) is 65.2 Å². The standard InChI is InChI=1S/C23H27NO5/c1-16-8-9-20(27-2)10-21(16)23(26)11-18-14-28-15-19(12-23)24(18)22(25)29-13-17-6-4-3-5-7-17/h3-10,18-19,26H,11-15H2,1-2H3.